The van der Waals surface area contributed by atoms with Crippen molar-refractivity contribution in [3.63, 3.8) is 0 Å². The third kappa shape index (κ3) is 5.58. The monoisotopic (exact) mass is 627 g/mol. The summed E-state index contributed by atoms with van der Waals surface area (Å²) in [6.07, 6.45) is 3.40. The van der Waals surface area contributed by atoms with Crippen molar-refractivity contribution in [1.29, 1.82) is 0 Å². The Morgan fingerprint density at radius 1 is 1.09 bits per heavy atom. The Morgan fingerprint density at radius 2 is 1.83 bits per heavy atom. The normalized spacial score (nSPS) is 17.7. The van der Waals surface area contributed by atoms with Gasteiger partial charge < -0.3 is 34.9 Å². The number of hydrogen-bond donors (Lipinski definition) is 3. The van der Waals surface area contributed by atoms with Crippen molar-refractivity contribution in [2.75, 3.05) is 56.8 Å². The lowest BCUT2D eigenvalue weighted by atomic mass is 9.74. The van der Waals surface area contributed by atoms with Gasteiger partial charge in [-0.3, -0.25) is 14.4 Å². The zero-order chi connectivity index (χ0) is 32.6. The molecule has 2 amide bonds. The predicted octanol–water partition coefficient (Wildman–Crippen LogP) is 4.20. The number of nitrogens with one attached hydrogen (secondary N) is 3. The Bertz CT molecular complexity index is 1700. The lowest BCUT2D eigenvalue weighted by Crippen LogP contribution is -2.46. The molecule has 3 aliphatic rings. The topological polar surface area (TPSA) is 116 Å². The number of pyridine rings is 1. The minimum atomic E-state index is -0.478. The molecule has 2 saturated heterocycles. The van der Waals surface area contributed by atoms with Crippen LogP contribution < -0.4 is 30.7 Å². The van der Waals surface area contributed by atoms with Gasteiger partial charge in [0.15, 0.2) is 0 Å². The average molecular weight is 628 g/mol. The molecule has 10 nitrogen and oxygen atoms in total. The first-order chi connectivity index (χ1) is 22.2. The highest BCUT2D eigenvalue weighted by Gasteiger charge is 2.49. The molecule has 3 aromatic rings. The van der Waals surface area contributed by atoms with E-state index in [-0.39, 0.29) is 23.9 Å². The summed E-state index contributed by atoms with van der Waals surface area (Å²) in [4.78, 5) is 47.3. The highest BCUT2D eigenvalue weighted by Crippen LogP contribution is 2.48. The van der Waals surface area contributed by atoms with Gasteiger partial charge in [0.1, 0.15) is 5.75 Å². The molecule has 2 fully saturated rings. The number of fused-ring (bicyclic) bond motifs is 2. The Labute approximate surface area is 270 Å². The van der Waals surface area contributed by atoms with Crippen LogP contribution in [0.5, 0.6) is 5.75 Å². The molecule has 0 aliphatic carbocycles. The maximum Gasteiger partial charge on any atom is 0.256 e. The average Bonchev–Trinajstić information content (AvgIpc) is 3.26. The highest BCUT2D eigenvalue weighted by atomic mass is 16.5. The first-order valence-electron chi connectivity index (χ1n) is 16.4. The molecular formula is C36H45N5O5. The summed E-state index contributed by atoms with van der Waals surface area (Å²) in [6.45, 7) is 9.79. The van der Waals surface area contributed by atoms with E-state index in [1.165, 1.54) is 7.11 Å². The minimum Gasteiger partial charge on any atom is -0.496 e. The Kier molecular flexibility index (Phi) is 8.94. The molecule has 2 aromatic carbocycles. The Morgan fingerprint density at radius 3 is 2.52 bits per heavy atom. The van der Waals surface area contributed by atoms with E-state index in [2.05, 4.69) is 51.7 Å². The lowest BCUT2D eigenvalue weighted by molar-refractivity contribution is -0.123. The van der Waals surface area contributed by atoms with Crippen LogP contribution in [-0.2, 0) is 21.5 Å². The van der Waals surface area contributed by atoms with Crippen molar-refractivity contribution in [3.8, 4) is 16.9 Å². The zero-order valence-corrected chi connectivity index (χ0v) is 27.5. The number of amides is 2. The third-order valence-corrected chi connectivity index (χ3v) is 10.2. The van der Waals surface area contributed by atoms with E-state index in [9.17, 15) is 14.4 Å². The first-order valence-corrected chi connectivity index (χ1v) is 16.4. The summed E-state index contributed by atoms with van der Waals surface area (Å²) < 4.78 is 11.1. The number of aromatic nitrogens is 1. The van der Waals surface area contributed by atoms with Gasteiger partial charge in [0, 0.05) is 55.5 Å². The van der Waals surface area contributed by atoms with Gasteiger partial charge >= 0.3 is 0 Å². The molecule has 0 bridgehead atoms. The number of carbonyl (C=O) groups excluding carboxylic acids is 2. The molecule has 0 unspecified atom stereocenters. The summed E-state index contributed by atoms with van der Waals surface area (Å²) in [5.74, 6) is 0.324. The predicted molar refractivity (Wildman–Crippen MR) is 180 cm³/mol. The number of methoxy groups -OCH3 is 1. The van der Waals surface area contributed by atoms with E-state index in [0.717, 1.165) is 78.9 Å². The quantitative estimate of drug-likeness (QED) is 0.343. The highest BCUT2D eigenvalue weighted by molar-refractivity contribution is 6.08. The summed E-state index contributed by atoms with van der Waals surface area (Å²) in [6, 6.07) is 12.5. The second-order valence-electron chi connectivity index (χ2n) is 12.7. The van der Waals surface area contributed by atoms with Gasteiger partial charge in [-0.1, -0.05) is 12.1 Å². The molecule has 4 heterocycles. The van der Waals surface area contributed by atoms with Gasteiger partial charge in [0.2, 0.25) is 5.91 Å². The number of anilines is 2. The van der Waals surface area contributed by atoms with Crippen LogP contribution in [0.25, 0.3) is 11.1 Å². The maximum absolute atomic E-state index is 14.0. The van der Waals surface area contributed by atoms with Crippen molar-refractivity contribution in [1.82, 2.24) is 15.6 Å². The molecule has 0 radical (unpaired) electrons. The Balaban J connectivity index is 1.41. The molecule has 1 aromatic heterocycles. The Hall–Kier alpha value is -4.15. The van der Waals surface area contributed by atoms with E-state index in [1.54, 1.807) is 17.9 Å². The molecule has 0 atom stereocenters. The van der Waals surface area contributed by atoms with Crippen LogP contribution >= 0.6 is 0 Å². The van der Waals surface area contributed by atoms with Gasteiger partial charge in [0.25, 0.3) is 11.5 Å². The van der Waals surface area contributed by atoms with Gasteiger partial charge in [-0.2, -0.15) is 0 Å². The molecule has 3 N–H and O–H groups in total. The zero-order valence-electron chi connectivity index (χ0n) is 27.5. The van der Waals surface area contributed by atoms with Crippen LogP contribution in [0.3, 0.4) is 0 Å². The number of nitrogens with zero attached hydrogens (tertiary/aromatic N) is 2. The van der Waals surface area contributed by atoms with Gasteiger partial charge in [-0.05, 0) is 106 Å². The molecule has 0 saturated carbocycles. The van der Waals surface area contributed by atoms with Gasteiger partial charge in [-0.15, -0.1) is 0 Å². The molecule has 1 spiro atoms. The fraction of sp³-hybridized carbons (Fsp3) is 0.472. The molecule has 6 rings (SSSR count). The molecule has 244 valence electrons. The standard InChI is InChI=1S/C36H45N5O5/c1-6-41(26-9-15-46-16-10-26)30-20-25(24-7-8-29-31(19-24)40(4)35(44)36(29)11-13-37-14-12-36)18-27(23(30)3)33(42)38-21-28-32(45-5)17-22(2)39-34(28)43/h7-8,17-20,26,37H,6,9-16,21H2,1-5H3,(H,38,42)(H,39,43). The van der Waals surface area contributed by atoms with E-state index < -0.39 is 5.41 Å². The number of H-pyrrole nitrogens is 1. The number of likely N-dealkylation sites (N-methyl/N-ethyl adjacent to an activating group) is 1. The molecule has 3 aliphatic heterocycles. The molecule has 46 heavy (non-hydrogen) atoms. The second-order valence-corrected chi connectivity index (χ2v) is 12.7. The third-order valence-electron chi connectivity index (χ3n) is 10.2. The lowest BCUT2D eigenvalue weighted by Gasteiger charge is -2.37. The summed E-state index contributed by atoms with van der Waals surface area (Å²) in [7, 11) is 3.38. The number of aromatic amines is 1. The van der Waals surface area contributed by atoms with Gasteiger partial charge in [-0.25, -0.2) is 0 Å². The summed E-state index contributed by atoms with van der Waals surface area (Å²) >= 11 is 0. The number of benzene rings is 2. The van der Waals surface area contributed by atoms with Crippen LogP contribution in [-0.4, -0.2) is 69.8 Å². The molecule has 10 heteroatoms. The van der Waals surface area contributed by atoms with E-state index >= 15 is 0 Å². The van der Waals surface area contributed by atoms with Crippen molar-refractivity contribution in [2.24, 2.45) is 0 Å². The van der Waals surface area contributed by atoms with Gasteiger partial charge in [0.05, 0.1) is 24.6 Å². The second kappa shape index (κ2) is 12.9. The minimum absolute atomic E-state index is 0.0246. The van der Waals surface area contributed by atoms with E-state index in [4.69, 9.17) is 9.47 Å². The number of carbonyl (C=O) groups is 2. The SMILES string of the molecule is CCN(c1cc(-c2ccc3c(c2)N(C)C(=O)C32CCNCC2)cc(C(=O)NCc2c(OC)cc(C)[nH]c2=O)c1C)C1CCOCC1. The van der Waals surface area contributed by atoms with Crippen LogP contribution in [0.15, 0.2) is 41.2 Å². The van der Waals surface area contributed by atoms with Crippen LogP contribution in [0.4, 0.5) is 11.4 Å². The number of rotatable bonds is 8. The number of hydrogen-bond acceptors (Lipinski definition) is 7. The fourth-order valence-electron chi connectivity index (χ4n) is 7.60. The van der Waals surface area contributed by atoms with E-state index in [0.29, 0.717) is 41.8 Å². The number of ether oxygens (including phenoxy) is 2. The van der Waals surface area contributed by atoms with E-state index in [1.807, 2.05) is 20.0 Å². The van der Waals surface area contributed by atoms with Crippen LogP contribution in [0, 0.1) is 13.8 Å². The summed E-state index contributed by atoms with van der Waals surface area (Å²) in [5.41, 5.74) is 6.57. The van der Waals surface area contributed by atoms with Crippen molar-refractivity contribution < 1.29 is 19.1 Å². The fourth-order valence-corrected chi connectivity index (χ4v) is 7.60. The van der Waals surface area contributed by atoms with Crippen LogP contribution in [0.2, 0.25) is 0 Å². The smallest absolute Gasteiger partial charge is 0.256 e. The largest absolute Gasteiger partial charge is 0.496 e. The van der Waals surface area contributed by atoms with Crippen molar-refractivity contribution in [3.05, 3.63) is 74.7 Å². The number of aryl methyl sites for hydroxylation is 1. The van der Waals surface area contributed by atoms with Crippen LogP contribution in [0.1, 0.15) is 65.3 Å². The number of piperidine rings is 1. The van der Waals surface area contributed by atoms with Crippen molar-refractivity contribution >= 4 is 23.2 Å². The maximum atomic E-state index is 14.0. The first kappa shape index (κ1) is 31.8. The van der Waals surface area contributed by atoms with Crippen molar-refractivity contribution in [2.45, 2.75) is 64.5 Å². The molecular weight excluding hydrogens is 582 g/mol. The summed E-state index contributed by atoms with van der Waals surface area (Å²) in [5, 5.41) is 6.39.